The van der Waals surface area contributed by atoms with Crippen LogP contribution >= 0.6 is 0 Å². The third-order valence-electron chi connectivity index (χ3n) is 6.89. The van der Waals surface area contributed by atoms with Gasteiger partial charge in [0.05, 0.1) is 5.69 Å². The maximum absolute atomic E-state index is 16.1. The normalized spacial score (nSPS) is 20.8. The zero-order valence-corrected chi connectivity index (χ0v) is 21.1. The van der Waals surface area contributed by atoms with Gasteiger partial charge in [0.1, 0.15) is 11.5 Å². The van der Waals surface area contributed by atoms with Gasteiger partial charge in [0.2, 0.25) is 0 Å². The smallest absolute Gasteiger partial charge is 0.136 e. The van der Waals surface area contributed by atoms with Crippen LogP contribution < -0.4 is 10.4 Å². The van der Waals surface area contributed by atoms with Crippen LogP contribution in [0, 0.1) is 23.2 Å². The van der Waals surface area contributed by atoms with Gasteiger partial charge in [0.25, 0.3) is 0 Å². The third kappa shape index (κ3) is 4.38. The lowest BCUT2D eigenvalue weighted by Gasteiger charge is -2.42. The van der Waals surface area contributed by atoms with Crippen molar-refractivity contribution in [2.75, 3.05) is 0 Å². The molecule has 0 bridgehead atoms. The summed E-state index contributed by atoms with van der Waals surface area (Å²) in [5.41, 5.74) is 2.30. The molecule has 2 aliphatic carbocycles. The van der Waals surface area contributed by atoms with Gasteiger partial charge in [-0.3, -0.25) is 4.98 Å². The van der Waals surface area contributed by atoms with E-state index in [1.165, 1.54) is 5.57 Å². The van der Waals surface area contributed by atoms with Gasteiger partial charge >= 0.3 is 0 Å². The molecule has 0 aliphatic heterocycles. The minimum atomic E-state index is -1.53. The average Bonchev–Trinajstić information content (AvgIpc) is 2.76. The molecule has 32 heavy (non-hydrogen) atoms. The van der Waals surface area contributed by atoms with Crippen molar-refractivity contribution < 1.29 is 8.78 Å². The molecule has 0 N–H and O–H groups in total. The second-order valence-corrected chi connectivity index (χ2v) is 9.24. The van der Waals surface area contributed by atoms with Gasteiger partial charge in [-0.1, -0.05) is 44.1 Å². The van der Waals surface area contributed by atoms with E-state index in [0.717, 1.165) is 27.3 Å². The van der Waals surface area contributed by atoms with Gasteiger partial charge in [-0.15, -0.1) is 11.8 Å². The third-order valence-corrected chi connectivity index (χ3v) is 6.89. The number of alkyl halides is 1. The van der Waals surface area contributed by atoms with Crippen LogP contribution in [0.2, 0.25) is 0 Å². The predicted molar refractivity (Wildman–Crippen MR) is 133 cm³/mol. The number of allylic oxidation sites excluding steroid dienone is 6. The Balaban J connectivity index is 0.000000837. The number of halogens is 2. The summed E-state index contributed by atoms with van der Waals surface area (Å²) in [4.78, 5) is 4.68. The Morgan fingerprint density at radius 2 is 1.91 bits per heavy atom. The summed E-state index contributed by atoms with van der Waals surface area (Å²) in [6, 6.07) is 2.01. The average molecular weight is 438 g/mol. The molecule has 0 fully saturated rings. The molecule has 2 unspecified atom stereocenters. The van der Waals surface area contributed by atoms with E-state index in [-0.39, 0.29) is 5.83 Å². The van der Waals surface area contributed by atoms with E-state index in [1.54, 1.807) is 24.4 Å². The summed E-state index contributed by atoms with van der Waals surface area (Å²) in [6.45, 7) is 17.6. The molecule has 1 aromatic heterocycles. The predicted octanol–water partition coefficient (Wildman–Crippen LogP) is 6.83. The van der Waals surface area contributed by atoms with Crippen molar-refractivity contribution in [3.8, 4) is 11.8 Å². The van der Waals surface area contributed by atoms with E-state index >= 15 is 8.78 Å². The first-order chi connectivity index (χ1) is 15.0. The fraction of sp³-hybridized carbons (Fsp3) is 0.483. The number of pyridine rings is 1. The standard InChI is InChI=1S/C25H31F2N.C4H6/c1-8-13-25(27,9-2)18-10-11-19(26)22-21(18)23-20(16(5)24(22,6)7)17(15(3)4)12-14-28-23;1-3-4-2/h8,11-14,18H,9-10H2,1-7H3;1-2H3. The highest BCUT2D eigenvalue weighted by atomic mass is 19.1. The number of nitrogens with zero attached hydrogens (tertiary/aromatic N) is 1. The Labute approximate surface area is 192 Å². The second kappa shape index (κ2) is 9.99. The zero-order valence-electron chi connectivity index (χ0n) is 21.1. The first kappa shape index (κ1) is 25.8. The monoisotopic (exact) mass is 437 g/mol. The maximum Gasteiger partial charge on any atom is 0.136 e. The van der Waals surface area contributed by atoms with Crippen molar-refractivity contribution in [2.45, 2.75) is 80.8 Å². The summed E-state index contributed by atoms with van der Waals surface area (Å²) in [5.74, 6) is 4.68. The molecule has 3 heteroatoms. The fourth-order valence-corrected chi connectivity index (χ4v) is 4.82. The molecule has 1 nitrogen and oxygen atoms in total. The van der Waals surface area contributed by atoms with Crippen LogP contribution in [0.5, 0.6) is 0 Å². The van der Waals surface area contributed by atoms with Crippen molar-refractivity contribution in [3.63, 3.8) is 0 Å². The first-order valence-corrected chi connectivity index (χ1v) is 11.4. The molecule has 172 valence electrons. The number of hydrogen-bond acceptors (Lipinski definition) is 1. The SMILES string of the molecule is CC#CC.CC=CC(F)(CC)C1CC=C(F)C2=C1c1nccc(=C(C)C)c1=C(C)C2(C)C. The molecule has 1 heterocycles. The summed E-state index contributed by atoms with van der Waals surface area (Å²) >= 11 is 0. The van der Waals surface area contributed by atoms with Crippen molar-refractivity contribution in [3.05, 3.63) is 58.0 Å². The van der Waals surface area contributed by atoms with Crippen LogP contribution in [-0.4, -0.2) is 10.7 Å². The molecule has 0 radical (unpaired) electrons. The van der Waals surface area contributed by atoms with Gasteiger partial charge in [-0.05, 0) is 77.3 Å². The molecule has 0 saturated heterocycles. The number of aromatic nitrogens is 1. The van der Waals surface area contributed by atoms with Gasteiger partial charge < -0.3 is 0 Å². The maximum atomic E-state index is 16.1. The Morgan fingerprint density at radius 3 is 2.41 bits per heavy atom. The Kier molecular flexibility index (Phi) is 8.05. The highest BCUT2D eigenvalue weighted by Crippen LogP contribution is 2.53. The lowest BCUT2D eigenvalue weighted by Crippen LogP contribution is -2.44. The van der Waals surface area contributed by atoms with Crippen LogP contribution in [0.3, 0.4) is 0 Å². The van der Waals surface area contributed by atoms with E-state index < -0.39 is 17.0 Å². The Hall–Kier alpha value is -2.47. The molecular formula is C29H37F2N. The summed E-state index contributed by atoms with van der Waals surface area (Å²) in [7, 11) is 0. The van der Waals surface area contributed by atoms with Gasteiger partial charge in [0, 0.05) is 28.3 Å². The molecule has 0 spiro atoms. The molecule has 1 aromatic rings. The molecule has 2 aliphatic rings. The van der Waals surface area contributed by atoms with Crippen LogP contribution in [0.1, 0.15) is 80.8 Å². The van der Waals surface area contributed by atoms with Crippen molar-refractivity contribution in [1.29, 1.82) is 0 Å². The molecule has 0 amide bonds. The van der Waals surface area contributed by atoms with Crippen molar-refractivity contribution in [1.82, 2.24) is 4.98 Å². The quantitative estimate of drug-likeness (QED) is 0.373. The van der Waals surface area contributed by atoms with Gasteiger partial charge in [-0.2, -0.15) is 0 Å². The Bertz CT molecular complexity index is 1140. The van der Waals surface area contributed by atoms with Crippen LogP contribution in [0.25, 0.3) is 16.7 Å². The Morgan fingerprint density at radius 1 is 1.28 bits per heavy atom. The van der Waals surface area contributed by atoms with E-state index in [0.29, 0.717) is 18.4 Å². The highest BCUT2D eigenvalue weighted by Gasteiger charge is 2.46. The van der Waals surface area contributed by atoms with Crippen LogP contribution in [0.15, 0.2) is 41.9 Å². The second-order valence-electron chi connectivity index (χ2n) is 9.24. The molecule has 3 rings (SSSR count). The van der Waals surface area contributed by atoms with Crippen LogP contribution in [0.4, 0.5) is 8.78 Å². The largest absolute Gasteiger partial charge is 0.256 e. The number of fused-ring (bicyclic) bond motifs is 2. The zero-order chi connectivity index (χ0) is 24.3. The summed E-state index contributed by atoms with van der Waals surface area (Å²) in [6.07, 6.45) is 7.42. The summed E-state index contributed by atoms with van der Waals surface area (Å²) < 4.78 is 31.3. The fourth-order valence-electron chi connectivity index (χ4n) is 4.82. The highest BCUT2D eigenvalue weighted by molar-refractivity contribution is 5.84. The van der Waals surface area contributed by atoms with Crippen molar-refractivity contribution >= 4 is 16.7 Å². The summed E-state index contributed by atoms with van der Waals surface area (Å²) in [5, 5.41) is 2.16. The number of rotatable bonds is 3. The number of hydrogen-bond donors (Lipinski definition) is 0. The van der Waals surface area contributed by atoms with Gasteiger partial charge in [0.15, 0.2) is 0 Å². The molecule has 0 saturated carbocycles. The topological polar surface area (TPSA) is 12.9 Å². The van der Waals surface area contributed by atoms with E-state index in [2.05, 4.69) is 37.6 Å². The minimum absolute atomic E-state index is 0.232. The first-order valence-electron chi connectivity index (χ1n) is 11.4. The molecular weight excluding hydrogens is 400 g/mol. The lowest BCUT2D eigenvalue weighted by atomic mass is 9.63. The van der Waals surface area contributed by atoms with E-state index in [1.807, 2.05) is 47.6 Å². The van der Waals surface area contributed by atoms with Gasteiger partial charge in [-0.25, -0.2) is 8.78 Å². The lowest BCUT2D eigenvalue weighted by molar-refractivity contribution is 0.163. The van der Waals surface area contributed by atoms with Crippen LogP contribution in [-0.2, 0) is 0 Å². The van der Waals surface area contributed by atoms with E-state index in [9.17, 15) is 0 Å². The molecule has 2 atom stereocenters. The van der Waals surface area contributed by atoms with Crippen molar-refractivity contribution in [2.24, 2.45) is 11.3 Å². The minimum Gasteiger partial charge on any atom is -0.256 e. The van der Waals surface area contributed by atoms with E-state index in [4.69, 9.17) is 0 Å². The molecule has 0 aromatic carbocycles.